The van der Waals surface area contributed by atoms with Crippen LogP contribution < -0.4 is 4.72 Å². The van der Waals surface area contributed by atoms with Crippen molar-refractivity contribution in [3.8, 4) is 0 Å². The van der Waals surface area contributed by atoms with Crippen LogP contribution in [0.4, 0.5) is 10.1 Å². The van der Waals surface area contributed by atoms with Gasteiger partial charge in [-0.1, -0.05) is 0 Å². The van der Waals surface area contributed by atoms with Crippen molar-refractivity contribution in [3.63, 3.8) is 0 Å². The Hall–Kier alpha value is -1.99. The number of anilines is 1. The molecule has 2 N–H and O–H groups in total. The maximum absolute atomic E-state index is 13.2. The molecule has 0 spiro atoms. The van der Waals surface area contributed by atoms with E-state index in [4.69, 9.17) is 5.11 Å². The highest BCUT2D eigenvalue weighted by molar-refractivity contribution is 7.92. The van der Waals surface area contributed by atoms with Gasteiger partial charge in [0.25, 0.3) is 10.0 Å². The molecule has 1 aromatic carbocycles. The summed E-state index contributed by atoms with van der Waals surface area (Å²) in [4.78, 5) is 3.65. The monoisotopic (exact) mass is 282 g/mol. The molecule has 100 valence electrons. The number of aliphatic hydroxyl groups is 1. The van der Waals surface area contributed by atoms with E-state index >= 15 is 0 Å². The number of sulfonamides is 1. The SMILES string of the molecule is O=S(=O)(Nc1ccncc1)c1ccc(F)c(CO)c1. The molecule has 19 heavy (non-hydrogen) atoms. The molecular weight excluding hydrogens is 271 g/mol. The largest absolute Gasteiger partial charge is 0.392 e. The van der Waals surface area contributed by atoms with Crippen LogP contribution in [-0.2, 0) is 16.6 Å². The highest BCUT2D eigenvalue weighted by atomic mass is 32.2. The summed E-state index contributed by atoms with van der Waals surface area (Å²) in [5.74, 6) is -0.648. The Morgan fingerprint density at radius 3 is 2.53 bits per heavy atom. The summed E-state index contributed by atoms with van der Waals surface area (Å²) in [5.41, 5.74) is 0.280. The van der Waals surface area contributed by atoms with Crippen LogP contribution in [-0.4, -0.2) is 18.5 Å². The lowest BCUT2D eigenvalue weighted by molar-refractivity contribution is 0.275. The first-order chi connectivity index (χ1) is 9.03. The van der Waals surface area contributed by atoms with E-state index in [1.54, 1.807) is 0 Å². The molecule has 2 rings (SSSR count). The van der Waals surface area contributed by atoms with E-state index < -0.39 is 22.4 Å². The molecule has 0 unspecified atom stereocenters. The summed E-state index contributed by atoms with van der Waals surface area (Å²) in [6, 6.07) is 6.23. The third kappa shape index (κ3) is 3.07. The standard InChI is InChI=1S/C12H11FN2O3S/c13-12-2-1-11(7-9(12)8-16)19(17,18)15-10-3-5-14-6-4-10/h1-7,16H,8H2,(H,14,15). The predicted molar refractivity (Wildman–Crippen MR) is 67.4 cm³/mol. The van der Waals surface area contributed by atoms with Crippen molar-refractivity contribution < 1.29 is 17.9 Å². The number of nitrogens with zero attached hydrogens (tertiary/aromatic N) is 1. The van der Waals surface area contributed by atoms with Crippen molar-refractivity contribution in [3.05, 3.63) is 54.1 Å². The van der Waals surface area contributed by atoms with Crippen LogP contribution in [0.3, 0.4) is 0 Å². The Labute approximate surface area is 109 Å². The van der Waals surface area contributed by atoms with Gasteiger partial charge in [0, 0.05) is 18.0 Å². The van der Waals surface area contributed by atoms with Crippen LogP contribution in [0.1, 0.15) is 5.56 Å². The summed E-state index contributed by atoms with van der Waals surface area (Å²) >= 11 is 0. The fraction of sp³-hybridized carbons (Fsp3) is 0.0833. The van der Waals surface area contributed by atoms with E-state index in [-0.39, 0.29) is 10.5 Å². The van der Waals surface area contributed by atoms with Gasteiger partial charge in [-0.25, -0.2) is 12.8 Å². The molecule has 0 aliphatic rings. The molecule has 2 aromatic rings. The average molecular weight is 282 g/mol. The molecule has 0 bridgehead atoms. The second-order valence-corrected chi connectivity index (χ2v) is 5.44. The van der Waals surface area contributed by atoms with Crippen molar-refractivity contribution in [2.75, 3.05) is 4.72 Å². The molecular formula is C12H11FN2O3S. The average Bonchev–Trinajstić information content (AvgIpc) is 2.39. The Balaban J connectivity index is 2.35. The zero-order valence-electron chi connectivity index (χ0n) is 9.75. The van der Waals surface area contributed by atoms with Gasteiger partial charge in [0.1, 0.15) is 5.82 Å². The van der Waals surface area contributed by atoms with Gasteiger partial charge in [-0.3, -0.25) is 9.71 Å². The second-order valence-electron chi connectivity index (χ2n) is 3.75. The van der Waals surface area contributed by atoms with Crippen LogP contribution in [0.2, 0.25) is 0 Å². The quantitative estimate of drug-likeness (QED) is 0.891. The molecule has 0 aliphatic heterocycles. The van der Waals surface area contributed by atoms with Crippen molar-refractivity contribution in [1.82, 2.24) is 4.98 Å². The Kier molecular flexibility index (Phi) is 3.77. The summed E-state index contributed by atoms with van der Waals surface area (Å²) in [6.45, 7) is -0.565. The van der Waals surface area contributed by atoms with Gasteiger partial charge >= 0.3 is 0 Å². The minimum Gasteiger partial charge on any atom is -0.392 e. The fourth-order valence-corrected chi connectivity index (χ4v) is 2.58. The molecule has 0 radical (unpaired) electrons. The van der Waals surface area contributed by atoms with Crippen LogP contribution in [0.25, 0.3) is 0 Å². The molecule has 0 saturated heterocycles. The minimum atomic E-state index is -3.82. The first-order valence-electron chi connectivity index (χ1n) is 5.35. The van der Waals surface area contributed by atoms with Gasteiger partial charge in [0.15, 0.2) is 0 Å². The lowest BCUT2D eigenvalue weighted by Gasteiger charge is -2.09. The first kappa shape index (κ1) is 13.4. The number of nitrogens with one attached hydrogen (secondary N) is 1. The van der Waals surface area contributed by atoms with E-state index in [1.807, 2.05) is 0 Å². The molecule has 0 saturated carbocycles. The summed E-state index contributed by atoms with van der Waals surface area (Å²) < 4.78 is 39.6. The zero-order valence-corrected chi connectivity index (χ0v) is 10.6. The number of halogens is 1. The smallest absolute Gasteiger partial charge is 0.261 e. The summed E-state index contributed by atoms with van der Waals surface area (Å²) in [7, 11) is -3.82. The highest BCUT2D eigenvalue weighted by Crippen LogP contribution is 2.18. The van der Waals surface area contributed by atoms with Gasteiger partial charge in [-0.2, -0.15) is 0 Å². The van der Waals surface area contributed by atoms with Gasteiger partial charge in [-0.05, 0) is 30.3 Å². The predicted octanol–water partition coefficient (Wildman–Crippen LogP) is 1.51. The zero-order chi connectivity index (χ0) is 13.9. The van der Waals surface area contributed by atoms with Gasteiger partial charge in [0.2, 0.25) is 0 Å². The van der Waals surface area contributed by atoms with Crippen LogP contribution >= 0.6 is 0 Å². The third-order valence-corrected chi connectivity index (χ3v) is 3.81. The molecule has 0 aliphatic carbocycles. The molecule has 7 heteroatoms. The van der Waals surface area contributed by atoms with E-state index in [0.29, 0.717) is 5.69 Å². The van der Waals surface area contributed by atoms with Crippen LogP contribution in [0, 0.1) is 5.82 Å². The van der Waals surface area contributed by atoms with E-state index in [0.717, 1.165) is 18.2 Å². The number of hydrogen-bond acceptors (Lipinski definition) is 4. The number of hydrogen-bond donors (Lipinski definition) is 2. The van der Waals surface area contributed by atoms with Crippen molar-refractivity contribution in [2.45, 2.75) is 11.5 Å². The summed E-state index contributed by atoms with van der Waals surface area (Å²) in [5, 5.41) is 8.93. The highest BCUT2D eigenvalue weighted by Gasteiger charge is 2.16. The molecule has 0 atom stereocenters. The second kappa shape index (κ2) is 5.33. The minimum absolute atomic E-state index is 0.0717. The number of pyridine rings is 1. The number of rotatable bonds is 4. The Morgan fingerprint density at radius 1 is 1.21 bits per heavy atom. The van der Waals surface area contributed by atoms with E-state index in [1.165, 1.54) is 24.5 Å². The molecule has 0 fully saturated rings. The number of aromatic nitrogens is 1. The molecule has 0 amide bonds. The molecule has 5 nitrogen and oxygen atoms in total. The van der Waals surface area contributed by atoms with E-state index in [2.05, 4.69) is 9.71 Å². The first-order valence-corrected chi connectivity index (χ1v) is 6.83. The Bertz CT molecular complexity index is 675. The Morgan fingerprint density at radius 2 is 1.89 bits per heavy atom. The van der Waals surface area contributed by atoms with Gasteiger partial charge in [0.05, 0.1) is 17.2 Å². The fourth-order valence-electron chi connectivity index (χ4n) is 1.47. The van der Waals surface area contributed by atoms with Crippen molar-refractivity contribution in [2.24, 2.45) is 0 Å². The number of aliphatic hydroxyl groups excluding tert-OH is 1. The maximum Gasteiger partial charge on any atom is 0.261 e. The van der Waals surface area contributed by atoms with Crippen LogP contribution in [0.15, 0.2) is 47.6 Å². The van der Waals surface area contributed by atoms with Gasteiger partial charge < -0.3 is 5.11 Å². The van der Waals surface area contributed by atoms with Crippen molar-refractivity contribution in [1.29, 1.82) is 0 Å². The van der Waals surface area contributed by atoms with Crippen molar-refractivity contribution >= 4 is 15.7 Å². The maximum atomic E-state index is 13.2. The molecule has 1 heterocycles. The van der Waals surface area contributed by atoms with Gasteiger partial charge in [-0.15, -0.1) is 0 Å². The van der Waals surface area contributed by atoms with E-state index in [9.17, 15) is 12.8 Å². The van der Waals surface area contributed by atoms with Crippen LogP contribution in [0.5, 0.6) is 0 Å². The molecule has 1 aromatic heterocycles. The normalized spacial score (nSPS) is 11.3. The topological polar surface area (TPSA) is 79.3 Å². The third-order valence-electron chi connectivity index (χ3n) is 2.43. The lowest BCUT2D eigenvalue weighted by Crippen LogP contribution is -2.13. The number of benzene rings is 1. The lowest BCUT2D eigenvalue weighted by atomic mass is 10.2. The summed E-state index contributed by atoms with van der Waals surface area (Å²) in [6.07, 6.45) is 2.89.